The number of carbonyl (C=O) groups excluding carboxylic acids is 3. The number of hydrogen-bond acceptors (Lipinski definition) is 6. The van der Waals surface area contributed by atoms with Gasteiger partial charge in [0.25, 0.3) is 0 Å². The lowest BCUT2D eigenvalue weighted by Gasteiger charge is -2.21. The fourth-order valence-electron chi connectivity index (χ4n) is 2.21. The molecule has 7 heteroatoms. The molecule has 7 nitrogen and oxygen atoms in total. The lowest BCUT2D eigenvalue weighted by Crippen LogP contribution is -2.40. The SMILES string of the molecule is CCCCCC(=O)OCCN(CCOC(=O)CCCCC)C(=O)CN. The smallest absolute Gasteiger partial charge is 0.305 e. The predicted octanol–water partition coefficient (Wildman–Crippen LogP) is 2.02. The summed E-state index contributed by atoms with van der Waals surface area (Å²) in [4.78, 5) is 36.4. The van der Waals surface area contributed by atoms with Crippen molar-refractivity contribution in [1.29, 1.82) is 0 Å². The number of carbonyl (C=O) groups is 3. The van der Waals surface area contributed by atoms with E-state index in [0.717, 1.165) is 38.5 Å². The fraction of sp³-hybridized carbons (Fsp3) is 0.833. The summed E-state index contributed by atoms with van der Waals surface area (Å²) in [5.74, 6) is -0.768. The maximum atomic E-state index is 11.8. The van der Waals surface area contributed by atoms with Crippen LogP contribution in [0, 0.1) is 0 Å². The lowest BCUT2D eigenvalue weighted by molar-refractivity contribution is -0.147. The van der Waals surface area contributed by atoms with Crippen molar-refractivity contribution in [3.05, 3.63) is 0 Å². The zero-order valence-electron chi connectivity index (χ0n) is 15.8. The molecule has 0 radical (unpaired) electrons. The predicted molar refractivity (Wildman–Crippen MR) is 95.8 cm³/mol. The van der Waals surface area contributed by atoms with Crippen LogP contribution in [0.1, 0.15) is 65.2 Å². The molecule has 25 heavy (non-hydrogen) atoms. The van der Waals surface area contributed by atoms with E-state index in [2.05, 4.69) is 13.8 Å². The third-order valence-electron chi connectivity index (χ3n) is 3.74. The first-order valence-electron chi connectivity index (χ1n) is 9.34. The summed E-state index contributed by atoms with van der Waals surface area (Å²) >= 11 is 0. The van der Waals surface area contributed by atoms with Gasteiger partial charge in [0.15, 0.2) is 0 Å². The molecule has 0 aliphatic carbocycles. The number of nitrogens with zero attached hydrogens (tertiary/aromatic N) is 1. The summed E-state index contributed by atoms with van der Waals surface area (Å²) in [7, 11) is 0. The molecular weight excluding hydrogens is 324 g/mol. The minimum atomic E-state index is -0.260. The van der Waals surface area contributed by atoms with E-state index in [1.165, 1.54) is 4.90 Å². The Balaban J connectivity index is 4.02. The molecule has 0 rings (SSSR count). The van der Waals surface area contributed by atoms with Gasteiger partial charge in [-0.1, -0.05) is 39.5 Å². The molecule has 0 bridgehead atoms. The molecule has 146 valence electrons. The second-order valence-electron chi connectivity index (χ2n) is 5.94. The molecule has 0 aromatic heterocycles. The van der Waals surface area contributed by atoms with Gasteiger partial charge in [0.1, 0.15) is 13.2 Å². The van der Waals surface area contributed by atoms with Gasteiger partial charge in [-0.2, -0.15) is 0 Å². The van der Waals surface area contributed by atoms with Gasteiger partial charge < -0.3 is 20.1 Å². The van der Waals surface area contributed by atoms with Crippen LogP contribution in [0.15, 0.2) is 0 Å². The first-order chi connectivity index (χ1) is 12.0. The summed E-state index contributed by atoms with van der Waals surface area (Å²) in [6.07, 6.45) is 6.51. The van der Waals surface area contributed by atoms with Crippen molar-refractivity contribution in [1.82, 2.24) is 4.90 Å². The normalized spacial score (nSPS) is 10.4. The Morgan fingerprint density at radius 2 is 1.24 bits per heavy atom. The summed E-state index contributed by atoms with van der Waals surface area (Å²) in [6.45, 7) is 4.76. The highest BCUT2D eigenvalue weighted by Gasteiger charge is 2.13. The Bertz CT molecular complexity index is 360. The molecule has 0 saturated carbocycles. The Kier molecular flexibility index (Phi) is 14.8. The Hall–Kier alpha value is -1.63. The molecule has 0 aromatic carbocycles. The monoisotopic (exact) mass is 358 g/mol. The Morgan fingerprint density at radius 1 is 0.800 bits per heavy atom. The summed E-state index contributed by atoms with van der Waals surface area (Å²) < 4.78 is 10.3. The minimum absolute atomic E-state index is 0.126. The second-order valence-corrected chi connectivity index (χ2v) is 5.94. The average molecular weight is 358 g/mol. The maximum absolute atomic E-state index is 11.8. The van der Waals surface area contributed by atoms with Crippen LogP contribution < -0.4 is 5.73 Å². The van der Waals surface area contributed by atoms with Crippen LogP contribution >= 0.6 is 0 Å². The van der Waals surface area contributed by atoms with E-state index in [9.17, 15) is 14.4 Å². The van der Waals surface area contributed by atoms with Crippen molar-refractivity contribution in [3.63, 3.8) is 0 Å². The molecular formula is C18H34N2O5. The van der Waals surface area contributed by atoms with Gasteiger partial charge >= 0.3 is 11.9 Å². The number of unbranched alkanes of at least 4 members (excludes halogenated alkanes) is 4. The molecule has 0 heterocycles. The zero-order chi connectivity index (χ0) is 18.9. The van der Waals surface area contributed by atoms with Crippen molar-refractivity contribution < 1.29 is 23.9 Å². The third-order valence-corrected chi connectivity index (χ3v) is 3.74. The standard InChI is InChI=1S/C18H34N2O5/c1-3-5-7-9-17(22)24-13-11-20(16(21)15-19)12-14-25-18(23)10-8-6-4-2/h3-15,19H2,1-2H3. The van der Waals surface area contributed by atoms with Gasteiger partial charge in [-0.3, -0.25) is 14.4 Å². The quantitative estimate of drug-likeness (QED) is 0.355. The van der Waals surface area contributed by atoms with Crippen LogP contribution in [0.5, 0.6) is 0 Å². The van der Waals surface area contributed by atoms with Gasteiger partial charge in [0, 0.05) is 12.8 Å². The van der Waals surface area contributed by atoms with Crippen LogP contribution in [-0.4, -0.2) is 55.6 Å². The van der Waals surface area contributed by atoms with Gasteiger partial charge in [-0.25, -0.2) is 0 Å². The molecule has 0 aromatic rings. The molecule has 2 N–H and O–H groups in total. The van der Waals surface area contributed by atoms with Crippen LogP contribution in [0.4, 0.5) is 0 Å². The second kappa shape index (κ2) is 15.9. The molecule has 0 spiro atoms. The van der Waals surface area contributed by atoms with Crippen LogP contribution in [0.25, 0.3) is 0 Å². The highest BCUT2D eigenvalue weighted by Crippen LogP contribution is 2.02. The first-order valence-corrected chi connectivity index (χ1v) is 9.34. The van der Waals surface area contributed by atoms with Gasteiger partial charge in [-0.05, 0) is 12.8 Å². The van der Waals surface area contributed by atoms with Gasteiger partial charge in [-0.15, -0.1) is 0 Å². The molecule has 0 atom stereocenters. The van der Waals surface area contributed by atoms with E-state index in [4.69, 9.17) is 15.2 Å². The van der Waals surface area contributed by atoms with Crippen molar-refractivity contribution in [2.45, 2.75) is 65.2 Å². The first kappa shape index (κ1) is 23.4. The fourth-order valence-corrected chi connectivity index (χ4v) is 2.21. The van der Waals surface area contributed by atoms with Gasteiger partial charge in [0.05, 0.1) is 19.6 Å². The number of esters is 2. The van der Waals surface area contributed by atoms with E-state index >= 15 is 0 Å². The number of nitrogens with two attached hydrogens (primary N) is 1. The largest absolute Gasteiger partial charge is 0.464 e. The van der Waals surface area contributed by atoms with Crippen molar-refractivity contribution in [2.75, 3.05) is 32.8 Å². The van der Waals surface area contributed by atoms with E-state index in [1.54, 1.807) is 0 Å². The molecule has 0 fully saturated rings. The number of hydrogen-bond donors (Lipinski definition) is 1. The van der Waals surface area contributed by atoms with Crippen molar-refractivity contribution in [3.8, 4) is 0 Å². The Labute approximate surface area is 151 Å². The summed E-state index contributed by atoms with van der Waals surface area (Å²) in [6, 6.07) is 0. The molecule has 0 saturated heterocycles. The summed E-state index contributed by atoms with van der Waals surface area (Å²) in [5, 5.41) is 0. The number of ether oxygens (including phenoxy) is 2. The highest BCUT2D eigenvalue weighted by atomic mass is 16.5. The van der Waals surface area contributed by atoms with E-state index in [-0.39, 0.29) is 50.7 Å². The summed E-state index contributed by atoms with van der Waals surface area (Å²) in [5.41, 5.74) is 5.39. The Morgan fingerprint density at radius 3 is 1.60 bits per heavy atom. The van der Waals surface area contributed by atoms with Gasteiger partial charge in [0.2, 0.25) is 5.91 Å². The van der Waals surface area contributed by atoms with Crippen molar-refractivity contribution in [2.24, 2.45) is 5.73 Å². The van der Waals surface area contributed by atoms with E-state index in [0.29, 0.717) is 12.8 Å². The van der Waals surface area contributed by atoms with E-state index in [1.807, 2.05) is 0 Å². The van der Waals surface area contributed by atoms with Crippen LogP contribution in [-0.2, 0) is 23.9 Å². The third kappa shape index (κ3) is 13.3. The topological polar surface area (TPSA) is 98.9 Å². The van der Waals surface area contributed by atoms with Crippen LogP contribution in [0.3, 0.4) is 0 Å². The lowest BCUT2D eigenvalue weighted by atomic mass is 10.2. The molecule has 0 aliphatic rings. The number of rotatable bonds is 15. The molecule has 0 unspecified atom stereocenters. The van der Waals surface area contributed by atoms with E-state index < -0.39 is 0 Å². The average Bonchev–Trinajstić information content (AvgIpc) is 2.60. The minimum Gasteiger partial charge on any atom is -0.464 e. The van der Waals surface area contributed by atoms with Crippen LogP contribution in [0.2, 0.25) is 0 Å². The van der Waals surface area contributed by atoms with Crippen molar-refractivity contribution >= 4 is 17.8 Å². The molecule has 0 aliphatic heterocycles. The zero-order valence-corrected chi connectivity index (χ0v) is 15.8. The molecule has 1 amide bonds. The highest BCUT2D eigenvalue weighted by molar-refractivity contribution is 5.78. The number of amides is 1. The maximum Gasteiger partial charge on any atom is 0.305 e.